The number of aliphatic hydroxyl groups is 2. The topological polar surface area (TPSA) is 49.7 Å². The van der Waals surface area contributed by atoms with Crippen molar-refractivity contribution in [2.75, 3.05) is 6.61 Å². The first-order valence-corrected chi connectivity index (χ1v) is 8.84. The van der Waals surface area contributed by atoms with Crippen LogP contribution < -0.4 is 4.74 Å². The van der Waals surface area contributed by atoms with Gasteiger partial charge in [0.15, 0.2) is 0 Å². The van der Waals surface area contributed by atoms with Crippen LogP contribution in [0.25, 0.3) is 0 Å². The zero-order chi connectivity index (χ0) is 17.6. The van der Waals surface area contributed by atoms with Crippen molar-refractivity contribution < 1.29 is 14.9 Å². The number of hydrogen-bond donors (Lipinski definition) is 2. The van der Waals surface area contributed by atoms with Crippen LogP contribution in [0.15, 0.2) is 18.2 Å². The highest BCUT2D eigenvalue weighted by molar-refractivity contribution is 5.42. The molecule has 132 valence electrons. The molecule has 0 bridgehead atoms. The molecule has 23 heavy (non-hydrogen) atoms. The van der Waals surface area contributed by atoms with Crippen molar-refractivity contribution in [3.63, 3.8) is 0 Å². The number of ether oxygens (including phenoxy) is 1. The largest absolute Gasteiger partial charge is 0.493 e. The molecule has 0 radical (unpaired) electrons. The third kappa shape index (κ3) is 5.82. The van der Waals surface area contributed by atoms with Gasteiger partial charge < -0.3 is 14.9 Å². The summed E-state index contributed by atoms with van der Waals surface area (Å²) in [5, 5.41) is 19.7. The first kappa shape index (κ1) is 20.0. The summed E-state index contributed by atoms with van der Waals surface area (Å²) in [5.74, 6) is 1.08. The molecule has 1 aromatic rings. The molecule has 0 saturated carbocycles. The van der Waals surface area contributed by atoms with Crippen LogP contribution in [-0.2, 0) is 5.41 Å². The lowest BCUT2D eigenvalue weighted by atomic mass is 9.82. The predicted molar refractivity (Wildman–Crippen MR) is 96.3 cm³/mol. The average molecular weight is 322 g/mol. The fraction of sp³-hybridized carbons (Fsp3) is 0.700. The van der Waals surface area contributed by atoms with Gasteiger partial charge in [-0.25, -0.2) is 0 Å². The quantitative estimate of drug-likeness (QED) is 0.746. The summed E-state index contributed by atoms with van der Waals surface area (Å²) in [5.41, 5.74) is 2.48. The van der Waals surface area contributed by atoms with Crippen LogP contribution in [0, 0.1) is 0 Å². The SMILES string of the molecule is CCCOc1ccc(C(C)(C)C)cc1C(CC)CC(O)C(C)O. The van der Waals surface area contributed by atoms with Crippen LogP contribution >= 0.6 is 0 Å². The summed E-state index contributed by atoms with van der Waals surface area (Å²) in [6.07, 6.45) is 0.990. The molecular formula is C20H34O3. The molecule has 0 heterocycles. The van der Waals surface area contributed by atoms with E-state index in [0.717, 1.165) is 24.2 Å². The van der Waals surface area contributed by atoms with Gasteiger partial charge in [0.25, 0.3) is 0 Å². The number of benzene rings is 1. The predicted octanol–water partition coefficient (Wildman–Crippen LogP) is 4.40. The molecule has 0 spiro atoms. The lowest BCUT2D eigenvalue weighted by Crippen LogP contribution is -2.25. The molecule has 0 amide bonds. The molecule has 0 fully saturated rings. The summed E-state index contributed by atoms with van der Waals surface area (Å²) >= 11 is 0. The van der Waals surface area contributed by atoms with Gasteiger partial charge in [-0.05, 0) is 54.7 Å². The van der Waals surface area contributed by atoms with E-state index in [1.165, 1.54) is 5.56 Å². The Bertz CT molecular complexity index is 474. The van der Waals surface area contributed by atoms with Crippen LogP contribution in [0.2, 0.25) is 0 Å². The maximum absolute atomic E-state index is 10.1. The molecule has 3 atom stereocenters. The van der Waals surface area contributed by atoms with Gasteiger partial charge in [-0.2, -0.15) is 0 Å². The van der Waals surface area contributed by atoms with Crippen LogP contribution in [-0.4, -0.2) is 29.0 Å². The summed E-state index contributed by atoms with van der Waals surface area (Å²) in [6, 6.07) is 6.41. The summed E-state index contributed by atoms with van der Waals surface area (Å²) in [7, 11) is 0. The van der Waals surface area contributed by atoms with E-state index >= 15 is 0 Å². The van der Waals surface area contributed by atoms with Gasteiger partial charge in [0.1, 0.15) is 5.75 Å². The second-order valence-electron chi connectivity index (χ2n) is 7.50. The summed E-state index contributed by atoms with van der Waals surface area (Å²) in [6.45, 7) is 13.1. The molecule has 1 rings (SSSR count). The Labute approximate surface area is 141 Å². The highest BCUT2D eigenvalue weighted by atomic mass is 16.5. The minimum Gasteiger partial charge on any atom is -0.493 e. The molecular weight excluding hydrogens is 288 g/mol. The highest BCUT2D eigenvalue weighted by Gasteiger charge is 2.23. The van der Waals surface area contributed by atoms with Gasteiger partial charge in [-0.1, -0.05) is 46.8 Å². The van der Waals surface area contributed by atoms with Crippen LogP contribution in [0.3, 0.4) is 0 Å². The van der Waals surface area contributed by atoms with Crippen molar-refractivity contribution in [2.45, 2.75) is 84.3 Å². The van der Waals surface area contributed by atoms with Crippen molar-refractivity contribution in [1.29, 1.82) is 0 Å². The lowest BCUT2D eigenvalue weighted by molar-refractivity contribution is 0.0213. The Hall–Kier alpha value is -1.06. The van der Waals surface area contributed by atoms with Crippen molar-refractivity contribution in [3.05, 3.63) is 29.3 Å². The van der Waals surface area contributed by atoms with Crippen molar-refractivity contribution in [1.82, 2.24) is 0 Å². The molecule has 3 nitrogen and oxygen atoms in total. The minimum absolute atomic E-state index is 0.0687. The Morgan fingerprint density at radius 2 is 1.78 bits per heavy atom. The van der Waals surface area contributed by atoms with Crippen LogP contribution in [0.1, 0.15) is 77.8 Å². The number of hydrogen-bond acceptors (Lipinski definition) is 3. The van der Waals surface area contributed by atoms with E-state index in [1.54, 1.807) is 6.92 Å². The summed E-state index contributed by atoms with van der Waals surface area (Å²) in [4.78, 5) is 0. The van der Waals surface area contributed by atoms with E-state index in [4.69, 9.17) is 4.74 Å². The van der Waals surface area contributed by atoms with E-state index in [2.05, 4.69) is 52.8 Å². The van der Waals surface area contributed by atoms with Crippen LogP contribution in [0.5, 0.6) is 5.75 Å². The van der Waals surface area contributed by atoms with Crippen LogP contribution in [0.4, 0.5) is 0 Å². The molecule has 0 saturated heterocycles. The van der Waals surface area contributed by atoms with E-state index in [9.17, 15) is 10.2 Å². The lowest BCUT2D eigenvalue weighted by Gasteiger charge is -2.26. The standard InChI is InChI=1S/C20H34O3/c1-7-11-23-19-10-9-16(20(4,5)6)13-17(19)15(8-2)12-18(22)14(3)21/h9-10,13-15,18,21-22H,7-8,11-12H2,1-6H3. The number of aliphatic hydroxyl groups excluding tert-OH is 2. The fourth-order valence-electron chi connectivity index (χ4n) is 2.68. The Morgan fingerprint density at radius 3 is 2.26 bits per heavy atom. The van der Waals surface area contributed by atoms with Gasteiger partial charge in [0.2, 0.25) is 0 Å². The first-order valence-electron chi connectivity index (χ1n) is 8.84. The van der Waals surface area contributed by atoms with Gasteiger partial charge in [0, 0.05) is 0 Å². The van der Waals surface area contributed by atoms with Gasteiger partial charge in [0.05, 0.1) is 18.8 Å². The van der Waals surface area contributed by atoms with Crippen molar-refractivity contribution >= 4 is 0 Å². The Balaban J connectivity index is 3.19. The highest BCUT2D eigenvalue weighted by Crippen LogP contribution is 2.36. The molecule has 0 aliphatic heterocycles. The van der Waals surface area contributed by atoms with Crippen molar-refractivity contribution in [3.8, 4) is 5.75 Å². The second kappa shape index (κ2) is 8.70. The second-order valence-corrected chi connectivity index (χ2v) is 7.50. The maximum atomic E-state index is 10.1. The third-order valence-electron chi connectivity index (χ3n) is 4.35. The monoisotopic (exact) mass is 322 g/mol. The molecule has 2 N–H and O–H groups in total. The van der Waals surface area contributed by atoms with Crippen molar-refractivity contribution in [2.24, 2.45) is 0 Å². The Kier molecular flexibility index (Phi) is 7.56. The maximum Gasteiger partial charge on any atom is 0.122 e. The van der Waals surface area contributed by atoms with Gasteiger partial charge >= 0.3 is 0 Å². The van der Waals surface area contributed by atoms with E-state index in [0.29, 0.717) is 13.0 Å². The molecule has 0 aliphatic rings. The van der Waals surface area contributed by atoms with E-state index in [1.807, 2.05) is 0 Å². The molecule has 1 aromatic carbocycles. The number of rotatable bonds is 8. The third-order valence-corrected chi connectivity index (χ3v) is 4.35. The summed E-state index contributed by atoms with van der Waals surface area (Å²) < 4.78 is 5.93. The zero-order valence-electron chi connectivity index (χ0n) is 15.6. The molecule has 0 aliphatic carbocycles. The van der Waals surface area contributed by atoms with E-state index < -0.39 is 12.2 Å². The smallest absolute Gasteiger partial charge is 0.122 e. The van der Waals surface area contributed by atoms with E-state index in [-0.39, 0.29) is 11.3 Å². The van der Waals surface area contributed by atoms with Gasteiger partial charge in [-0.15, -0.1) is 0 Å². The molecule has 3 heteroatoms. The normalized spacial score (nSPS) is 16.0. The minimum atomic E-state index is -0.713. The van der Waals surface area contributed by atoms with Gasteiger partial charge in [-0.3, -0.25) is 0 Å². The first-order chi connectivity index (χ1) is 10.7. The zero-order valence-corrected chi connectivity index (χ0v) is 15.6. The Morgan fingerprint density at radius 1 is 1.13 bits per heavy atom. The molecule has 0 aromatic heterocycles. The fourth-order valence-corrected chi connectivity index (χ4v) is 2.68. The molecule has 3 unspecified atom stereocenters. The average Bonchev–Trinajstić information content (AvgIpc) is 2.49.